The fourth-order valence-electron chi connectivity index (χ4n) is 2.90. The van der Waals surface area contributed by atoms with E-state index in [0.29, 0.717) is 12.1 Å². The van der Waals surface area contributed by atoms with Crippen molar-refractivity contribution in [3.8, 4) is 0 Å². The molecule has 0 spiro atoms. The molecule has 35 heavy (non-hydrogen) atoms. The molecule has 0 fully saturated rings. The summed E-state index contributed by atoms with van der Waals surface area (Å²) in [4.78, 5) is 60.3. The molecule has 4 atom stereocenters. The SMILES string of the molecule is CC(C)C(N)C(=O)NC(CS)C(=O)NC(Cc1cnc[nH]1)C(=O)NC(CCCN=C(N)N)C(=O)O. The van der Waals surface area contributed by atoms with Crippen molar-refractivity contribution < 1.29 is 24.3 Å². The van der Waals surface area contributed by atoms with E-state index in [4.69, 9.17) is 17.2 Å². The van der Waals surface area contributed by atoms with Gasteiger partial charge in [0.25, 0.3) is 0 Å². The van der Waals surface area contributed by atoms with Crippen molar-refractivity contribution in [3.63, 3.8) is 0 Å². The van der Waals surface area contributed by atoms with Crippen molar-refractivity contribution in [1.82, 2.24) is 25.9 Å². The van der Waals surface area contributed by atoms with Crippen LogP contribution in [-0.4, -0.2) is 81.2 Å². The molecule has 1 aromatic rings. The minimum absolute atomic E-state index is 0.00331. The Morgan fingerprint density at radius 1 is 1.09 bits per heavy atom. The molecule has 0 saturated carbocycles. The summed E-state index contributed by atoms with van der Waals surface area (Å²) in [7, 11) is 0. The number of nitrogens with two attached hydrogens (primary N) is 3. The van der Waals surface area contributed by atoms with Crippen LogP contribution in [0.15, 0.2) is 17.5 Å². The molecule has 0 aliphatic carbocycles. The van der Waals surface area contributed by atoms with Gasteiger partial charge in [-0.25, -0.2) is 9.78 Å². The number of nitrogens with one attached hydrogen (secondary N) is 4. The molecule has 3 amide bonds. The average molecular weight is 514 g/mol. The van der Waals surface area contributed by atoms with Crippen molar-refractivity contribution in [3.05, 3.63) is 18.2 Å². The van der Waals surface area contributed by atoms with Crippen LogP contribution in [0.1, 0.15) is 32.4 Å². The van der Waals surface area contributed by atoms with Crippen LogP contribution in [0.5, 0.6) is 0 Å². The number of aliphatic carboxylic acids is 1. The maximum atomic E-state index is 13.0. The largest absolute Gasteiger partial charge is 0.480 e. The first-order valence-corrected chi connectivity index (χ1v) is 11.6. The van der Waals surface area contributed by atoms with Gasteiger partial charge in [-0.1, -0.05) is 13.8 Å². The number of nitrogens with zero attached hydrogens (tertiary/aromatic N) is 2. The van der Waals surface area contributed by atoms with Gasteiger partial charge in [0, 0.05) is 30.6 Å². The molecule has 1 heterocycles. The third kappa shape index (κ3) is 10.6. The van der Waals surface area contributed by atoms with Gasteiger partial charge in [0.1, 0.15) is 18.1 Å². The van der Waals surface area contributed by atoms with E-state index < -0.39 is 47.9 Å². The summed E-state index contributed by atoms with van der Waals surface area (Å²) in [5, 5.41) is 17.0. The Labute approximate surface area is 208 Å². The molecule has 0 saturated heterocycles. The van der Waals surface area contributed by atoms with E-state index in [1.807, 2.05) is 0 Å². The zero-order valence-corrected chi connectivity index (χ0v) is 20.6. The summed E-state index contributed by atoms with van der Waals surface area (Å²) in [5.74, 6) is -3.52. The van der Waals surface area contributed by atoms with Crippen LogP contribution >= 0.6 is 12.6 Å². The predicted octanol–water partition coefficient (Wildman–Crippen LogP) is -2.54. The van der Waals surface area contributed by atoms with Crippen molar-refractivity contribution in [2.45, 2.75) is 57.3 Å². The average Bonchev–Trinajstić information content (AvgIpc) is 3.30. The lowest BCUT2D eigenvalue weighted by Crippen LogP contribution is -2.58. The summed E-state index contributed by atoms with van der Waals surface area (Å²) in [6.45, 7) is 3.72. The Kier molecular flexibility index (Phi) is 12.6. The first kappa shape index (κ1) is 29.7. The van der Waals surface area contributed by atoms with E-state index in [9.17, 15) is 24.3 Å². The first-order chi connectivity index (χ1) is 16.5. The topological polar surface area (TPSA) is 244 Å². The number of aliphatic imine (C=N–C) groups is 1. The van der Waals surface area contributed by atoms with Gasteiger partial charge >= 0.3 is 5.97 Å². The summed E-state index contributed by atoms with van der Waals surface area (Å²) in [5.41, 5.74) is 16.9. The zero-order chi connectivity index (χ0) is 26.5. The van der Waals surface area contributed by atoms with Gasteiger partial charge < -0.3 is 43.2 Å². The number of carboxylic acids is 1. The van der Waals surface area contributed by atoms with Crippen LogP contribution in [0.4, 0.5) is 0 Å². The third-order valence-corrected chi connectivity index (χ3v) is 5.37. The van der Waals surface area contributed by atoms with Gasteiger partial charge in [0.05, 0.1) is 12.4 Å². The second-order valence-electron chi connectivity index (χ2n) is 8.20. The number of H-pyrrole nitrogens is 1. The van der Waals surface area contributed by atoms with Crippen molar-refractivity contribution in [1.29, 1.82) is 0 Å². The number of carbonyl (C=O) groups is 4. The Hall–Kier alpha value is -3.33. The molecular weight excluding hydrogens is 478 g/mol. The lowest BCUT2D eigenvalue weighted by Gasteiger charge is -2.25. The third-order valence-electron chi connectivity index (χ3n) is 5.01. The van der Waals surface area contributed by atoms with Gasteiger partial charge in [-0.15, -0.1) is 0 Å². The highest BCUT2D eigenvalue weighted by Crippen LogP contribution is 2.05. The lowest BCUT2D eigenvalue weighted by molar-refractivity contribution is -0.142. The number of aromatic nitrogens is 2. The van der Waals surface area contributed by atoms with Crippen LogP contribution in [-0.2, 0) is 25.6 Å². The van der Waals surface area contributed by atoms with E-state index in [0.717, 1.165) is 0 Å². The fourth-order valence-corrected chi connectivity index (χ4v) is 3.15. The number of carbonyl (C=O) groups excluding carboxylic acids is 3. The first-order valence-electron chi connectivity index (χ1n) is 11.0. The minimum atomic E-state index is -1.25. The summed E-state index contributed by atoms with van der Waals surface area (Å²) >= 11 is 4.12. The normalized spacial score (nSPS) is 14.3. The maximum absolute atomic E-state index is 13.0. The predicted molar refractivity (Wildman–Crippen MR) is 132 cm³/mol. The highest BCUT2D eigenvalue weighted by atomic mass is 32.1. The number of imidazole rings is 1. The van der Waals surface area contributed by atoms with Crippen LogP contribution in [0.2, 0.25) is 0 Å². The van der Waals surface area contributed by atoms with E-state index in [1.165, 1.54) is 12.5 Å². The van der Waals surface area contributed by atoms with Crippen molar-refractivity contribution in [2.75, 3.05) is 12.3 Å². The van der Waals surface area contributed by atoms with Crippen molar-refractivity contribution >= 4 is 42.3 Å². The number of amides is 3. The summed E-state index contributed by atoms with van der Waals surface area (Å²) < 4.78 is 0. The van der Waals surface area contributed by atoms with Gasteiger partial charge in [0.15, 0.2) is 5.96 Å². The van der Waals surface area contributed by atoms with Crippen LogP contribution in [0, 0.1) is 5.92 Å². The lowest BCUT2D eigenvalue weighted by atomic mass is 10.0. The number of rotatable bonds is 15. The summed E-state index contributed by atoms with van der Waals surface area (Å²) in [6.07, 6.45) is 3.23. The molecule has 0 aromatic carbocycles. The minimum Gasteiger partial charge on any atom is -0.480 e. The molecular formula is C20H35N9O5S. The number of thiol groups is 1. The van der Waals surface area contributed by atoms with Gasteiger partial charge in [-0.3, -0.25) is 19.4 Å². The Balaban J connectivity index is 2.93. The van der Waals surface area contributed by atoms with E-state index >= 15 is 0 Å². The van der Waals surface area contributed by atoms with Gasteiger partial charge in [-0.2, -0.15) is 12.6 Å². The fraction of sp³-hybridized carbons (Fsp3) is 0.600. The molecule has 1 aromatic heterocycles. The number of hydrogen-bond donors (Lipinski definition) is 9. The Morgan fingerprint density at radius 2 is 1.69 bits per heavy atom. The highest BCUT2D eigenvalue weighted by molar-refractivity contribution is 7.80. The van der Waals surface area contributed by atoms with E-state index in [1.54, 1.807) is 13.8 Å². The van der Waals surface area contributed by atoms with E-state index in [2.05, 4.69) is 43.5 Å². The van der Waals surface area contributed by atoms with Crippen LogP contribution < -0.4 is 33.2 Å². The molecule has 4 unspecified atom stereocenters. The molecule has 0 bridgehead atoms. The van der Waals surface area contributed by atoms with E-state index in [-0.39, 0.29) is 37.0 Å². The number of hydrogen-bond acceptors (Lipinski definition) is 8. The smallest absolute Gasteiger partial charge is 0.326 e. The number of guanidine groups is 1. The van der Waals surface area contributed by atoms with Gasteiger partial charge in [0.2, 0.25) is 17.7 Å². The summed E-state index contributed by atoms with van der Waals surface area (Å²) in [6, 6.07) is -4.30. The van der Waals surface area contributed by atoms with Crippen molar-refractivity contribution in [2.24, 2.45) is 28.1 Å². The van der Waals surface area contributed by atoms with Crippen LogP contribution in [0.3, 0.4) is 0 Å². The quantitative estimate of drug-likeness (QED) is 0.0518. The molecule has 0 aliphatic rings. The van der Waals surface area contributed by atoms with Gasteiger partial charge in [-0.05, 0) is 18.8 Å². The molecule has 0 radical (unpaired) electrons. The number of aromatic amines is 1. The zero-order valence-electron chi connectivity index (χ0n) is 19.7. The molecule has 15 heteroatoms. The molecule has 14 nitrogen and oxygen atoms in total. The molecule has 11 N–H and O–H groups in total. The standard InChI is InChI=1S/C20H35N9O5S/c1-10(2)15(21)18(32)29-14(8-35)17(31)28-13(6-11-7-24-9-26-11)16(30)27-12(19(33)34)4-3-5-25-20(22)23/h7,9-10,12-15,35H,3-6,8,21H2,1-2H3,(H,24,26)(H,27,30)(H,28,31)(H,29,32)(H,33,34)(H4,22,23,25). The van der Waals surface area contributed by atoms with Crippen LogP contribution in [0.25, 0.3) is 0 Å². The Morgan fingerprint density at radius 3 is 2.20 bits per heavy atom. The number of carboxylic acid groups (broad SMARTS) is 1. The molecule has 1 rings (SSSR count). The Bertz CT molecular complexity index is 874. The molecule has 0 aliphatic heterocycles. The second-order valence-corrected chi connectivity index (χ2v) is 8.57. The second kappa shape index (κ2) is 14.8. The molecule has 196 valence electrons. The highest BCUT2D eigenvalue weighted by Gasteiger charge is 2.30. The maximum Gasteiger partial charge on any atom is 0.326 e. The monoisotopic (exact) mass is 513 g/mol.